The number of benzene rings is 1. The Kier molecular flexibility index (Phi) is 4.20. The maximum absolute atomic E-state index is 12.9. The molecule has 1 N–H and O–H groups in total. The number of amides is 1. The summed E-state index contributed by atoms with van der Waals surface area (Å²) in [5, 5.41) is 5.93. The van der Waals surface area contributed by atoms with Gasteiger partial charge in [0.25, 0.3) is 0 Å². The zero-order chi connectivity index (χ0) is 16.5. The molecule has 1 aromatic carbocycles. The Bertz CT molecular complexity index is 689. The Morgan fingerprint density at radius 1 is 1.23 bits per heavy atom. The fourth-order valence-corrected chi connectivity index (χ4v) is 1.98. The molecule has 0 unspecified atom stereocenters. The number of carbonyl (C=O) groups excluding carboxylic acids is 1. The van der Waals surface area contributed by atoms with E-state index in [4.69, 9.17) is 0 Å². The molecule has 0 saturated heterocycles. The molecule has 0 radical (unpaired) electrons. The second-order valence-electron chi connectivity index (χ2n) is 4.78. The molecule has 22 heavy (non-hydrogen) atoms. The highest BCUT2D eigenvalue weighted by atomic mass is 19.4. The number of alkyl halides is 3. The Morgan fingerprint density at radius 2 is 1.82 bits per heavy atom. The van der Waals surface area contributed by atoms with Crippen LogP contribution in [0.1, 0.15) is 17.0 Å². The second-order valence-corrected chi connectivity index (χ2v) is 4.78. The fourth-order valence-electron chi connectivity index (χ4n) is 1.98. The van der Waals surface area contributed by atoms with Gasteiger partial charge in [-0.25, -0.2) is 4.39 Å². The zero-order valence-corrected chi connectivity index (χ0v) is 11.8. The SMILES string of the molecule is Cc1nn(Cc2ccc(F)cc2)c(C)c1NC(=O)C(F)(F)F. The molecule has 0 atom stereocenters. The maximum Gasteiger partial charge on any atom is 0.471 e. The van der Waals surface area contributed by atoms with E-state index in [0.29, 0.717) is 5.69 Å². The number of nitrogens with one attached hydrogen (secondary N) is 1. The summed E-state index contributed by atoms with van der Waals surface area (Å²) in [6.07, 6.45) is -4.96. The molecule has 8 heteroatoms. The lowest BCUT2D eigenvalue weighted by Gasteiger charge is -2.09. The summed E-state index contributed by atoms with van der Waals surface area (Å²) in [6, 6.07) is 5.68. The molecule has 0 aliphatic carbocycles. The minimum absolute atomic E-state index is 0.0319. The van der Waals surface area contributed by atoms with Crippen molar-refractivity contribution in [3.8, 4) is 0 Å². The van der Waals surface area contributed by atoms with E-state index in [2.05, 4.69) is 5.10 Å². The van der Waals surface area contributed by atoms with Crippen LogP contribution >= 0.6 is 0 Å². The summed E-state index contributed by atoms with van der Waals surface area (Å²) in [5.41, 5.74) is 1.43. The van der Waals surface area contributed by atoms with Gasteiger partial charge in [0, 0.05) is 0 Å². The highest BCUT2D eigenvalue weighted by Gasteiger charge is 2.39. The van der Waals surface area contributed by atoms with Crippen LogP contribution in [-0.2, 0) is 11.3 Å². The predicted octanol–water partition coefficient (Wildman–Crippen LogP) is 3.19. The maximum atomic E-state index is 12.9. The molecule has 0 aliphatic heterocycles. The van der Waals surface area contributed by atoms with Gasteiger partial charge >= 0.3 is 12.1 Å². The van der Waals surface area contributed by atoms with Crippen molar-refractivity contribution < 1.29 is 22.4 Å². The second kappa shape index (κ2) is 5.78. The van der Waals surface area contributed by atoms with Crippen LogP contribution in [0.5, 0.6) is 0 Å². The van der Waals surface area contributed by atoms with Gasteiger partial charge in [-0.15, -0.1) is 0 Å². The smallest absolute Gasteiger partial charge is 0.315 e. The summed E-state index contributed by atoms with van der Waals surface area (Å²) in [4.78, 5) is 11.0. The van der Waals surface area contributed by atoms with Crippen molar-refractivity contribution >= 4 is 11.6 Å². The van der Waals surface area contributed by atoms with Crippen LogP contribution in [0, 0.1) is 19.7 Å². The Labute approximate surface area is 123 Å². The first-order valence-electron chi connectivity index (χ1n) is 6.35. The molecule has 4 nitrogen and oxygen atoms in total. The molecule has 1 aromatic heterocycles. The van der Waals surface area contributed by atoms with Gasteiger partial charge in [-0.3, -0.25) is 9.48 Å². The van der Waals surface area contributed by atoms with Gasteiger partial charge in [0.05, 0.1) is 23.6 Å². The average Bonchev–Trinajstić information content (AvgIpc) is 2.68. The molecule has 0 aliphatic rings. The molecule has 0 spiro atoms. The Hall–Kier alpha value is -2.38. The first kappa shape index (κ1) is 16.0. The van der Waals surface area contributed by atoms with Crippen LogP contribution in [-0.4, -0.2) is 21.9 Å². The number of anilines is 1. The average molecular weight is 315 g/mol. The summed E-state index contributed by atoms with van der Waals surface area (Å²) in [5.74, 6) is -2.42. The molecule has 0 fully saturated rings. The zero-order valence-electron chi connectivity index (χ0n) is 11.8. The third-order valence-electron chi connectivity index (χ3n) is 3.12. The van der Waals surface area contributed by atoms with Crippen LogP contribution in [0.4, 0.5) is 23.2 Å². The minimum atomic E-state index is -4.96. The summed E-state index contributed by atoms with van der Waals surface area (Å²) in [6.45, 7) is 3.31. The topological polar surface area (TPSA) is 46.9 Å². The minimum Gasteiger partial charge on any atom is -0.315 e. The van der Waals surface area contributed by atoms with E-state index in [1.54, 1.807) is 19.1 Å². The number of carbonyl (C=O) groups is 1. The number of halogens is 4. The lowest BCUT2D eigenvalue weighted by atomic mass is 10.2. The highest BCUT2D eigenvalue weighted by molar-refractivity contribution is 5.95. The van der Waals surface area contributed by atoms with Crippen molar-refractivity contribution in [1.82, 2.24) is 9.78 Å². The largest absolute Gasteiger partial charge is 0.471 e. The van der Waals surface area contributed by atoms with E-state index in [0.717, 1.165) is 5.56 Å². The van der Waals surface area contributed by atoms with Crippen LogP contribution < -0.4 is 5.32 Å². The van der Waals surface area contributed by atoms with Gasteiger partial charge in [-0.05, 0) is 31.5 Å². The van der Waals surface area contributed by atoms with Gasteiger partial charge in [0.1, 0.15) is 5.82 Å². The van der Waals surface area contributed by atoms with Gasteiger partial charge in [-0.1, -0.05) is 12.1 Å². The van der Waals surface area contributed by atoms with Gasteiger partial charge in [0.2, 0.25) is 0 Å². The van der Waals surface area contributed by atoms with Crippen molar-refractivity contribution in [2.24, 2.45) is 0 Å². The summed E-state index contributed by atoms with van der Waals surface area (Å²) >= 11 is 0. The number of aromatic nitrogens is 2. The first-order valence-corrected chi connectivity index (χ1v) is 6.35. The van der Waals surface area contributed by atoms with Gasteiger partial charge < -0.3 is 5.32 Å². The molecular formula is C14H13F4N3O. The fraction of sp³-hybridized carbons (Fsp3) is 0.286. The standard InChI is InChI=1S/C14H13F4N3O/c1-8-12(19-13(22)14(16,17)18)9(2)21(20-8)7-10-3-5-11(15)6-4-10/h3-6H,7H2,1-2H3,(H,19,22). The van der Waals surface area contributed by atoms with Crippen molar-refractivity contribution in [2.75, 3.05) is 5.32 Å². The number of rotatable bonds is 3. The monoisotopic (exact) mass is 315 g/mol. The number of hydrogen-bond acceptors (Lipinski definition) is 2. The summed E-state index contributed by atoms with van der Waals surface area (Å²) in [7, 11) is 0. The van der Waals surface area contributed by atoms with Crippen molar-refractivity contribution in [3.63, 3.8) is 0 Å². The van der Waals surface area contributed by atoms with E-state index >= 15 is 0 Å². The quantitative estimate of drug-likeness (QED) is 0.884. The van der Waals surface area contributed by atoms with Crippen LogP contribution in [0.15, 0.2) is 24.3 Å². The van der Waals surface area contributed by atoms with E-state index in [-0.39, 0.29) is 23.7 Å². The lowest BCUT2D eigenvalue weighted by Crippen LogP contribution is -2.30. The molecule has 2 aromatic rings. The highest BCUT2D eigenvalue weighted by Crippen LogP contribution is 2.24. The molecular weight excluding hydrogens is 302 g/mol. The number of hydrogen-bond donors (Lipinski definition) is 1. The van der Waals surface area contributed by atoms with E-state index in [9.17, 15) is 22.4 Å². The Balaban J connectivity index is 2.23. The van der Waals surface area contributed by atoms with Crippen molar-refractivity contribution in [2.45, 2.75) is 26.6 Å². The third-order valence-corrected chi connectivity index (χ3v) is 3.12. The first-order chi connectivity index (χ1) is 10.2. The van der Waals surface area contributed by atoms with Crippen molar-refractivity contribution in [1.29, 1.82) is 0 Å². The van der Waals surface area contributed by atoms with E-state index in [1.807, 2.05) is 5.32 Å². The molecule has 0 saturated carbocycles. The van der Waals surface area contributed by atoms with Crippen molar-refractivity contribution in [3.05, 3.63) is 47.0 Å². The van der Waals surface area contributed by atoms with E-state index < -0.39 is 12.1 Å². The lowest BCUT2D eigenvalue weighted by molar-refractivity contribution is -0.167. The Morgan fingerprint density at radius 3 is 2.36 bits per heavy atom. The van der Waals surface area contributed by atoms with Crippen LogP contribution in [0.25, 0.3) is 0 Å². The van der Waals surface area contributed by atoms with Gasteiger partial charge in [0.15, 0.2) is 0 Å². The predicted molar refractivity (Wildman–Crippen MR) is 71.9 cm³/mol. The number of nitrogens with zero attached hydrogens (tertiary/aromatic N) is 2. The van der Waals surface area contributed by atoms with Crippen LogP contribution in [0.3, 0.4) is 0 Å². The van der Waals surface area contributed by atoms with Gasteiger partial charge in [-0.2, -0.15) is 18.3 Å². The molecule has 2 rings (SSSR count). The normalized spacial score (nSPS) is 11.5. The third kappa shape index (κ3) is 3.44. The molecule has 1 heterocycles. The summed E-state index contributed by atoms with van der Waals surface area (Å²) < 4.78 is 51.2. The van der Waals surface area contributed by atoms with Crippen LogP contribution in [0.2, 0.25) is 0 Å². The molecule has 1 amide bonds. The number of aryl methyl sites for hydroxylation is 1. The molecule has 118 valence electrons. The van der Waals surface area contributed by atoms with E-state index in [1.165, 1.54) is 23.7 Å². The molecule has 0 bridgehead atoms.